The number of fused-ring (bicyclic) bond motifs is 3. The highest BCUT2D eigenvalue weighted by atomic mass is 16.4. The van der Waals surface area contributed by atoms with Crippen LogP contribution in [0.5, 0.6) is 23.0 Å². The molecule has 2 unspecified atom stereocenters. The minimum absolute atomic E-state index is 0.0609. The molecule has 37 heavy (non-hydrogen) atoms. The first-order valence-electron chi connectivity index (χ1n) is 11.8. The summed E-state index contributed by atoms with van der Waals surface area (Å²) >= 11 is 0. The van der Waals surface area contributed by atoms with E-state index in [0.717, 1.165) is 0 Å². The molecule has 0 amide bonds. The Kier molecular flexibility index (Phi) is 5.68. The number of hydrogen-bond donors (Lipinski definition) is 6. The smallest absolute Gasteiger partial charge is 0.198 e. The number of carbonyl (C=O) groups is 2. The van der Waals surface area contributed by atoms with Gasteiger partial charge in [-0.2, -0.15) is 0 Å². The number of aromatic hydroxyl groups is 4. The normalized spacial score (nSPS) is 21.8. The Morgan fingerprint density at radius 3 is 2.05 bits per heavy atom. The van der Waals surface area contributed by atoms with Gasteiger partial charge in [0.25, 0.3) is 0 Å². The van der Waals surface area contributed by atoms with Crippen LogP contribution in [0.4, 0.5) is 0 Å². The van der Waals surface area contributed by atoms with E-state index in [-0.39, 0.29) is 75.6 Å². The molecule has 190 valence electrons. The molecule has 6 N–H and O–H groups in total. The fourth-order valence-corrected chi connectivity index (χ4v) is 5.62. The predicted octanol–water partition coefficient (Wildman–Crippen LogP) is 3.05. The van der Waals surface area contributed by atoms with Gasteiger partial charge in [-0.15, -0.1) is 0 Å². The van der Waals surface area contributed by atoms with Crippen LogP contribution in [-0.2, 0) is 19.3 Å². The average Bonchev–Trinajstić information content (AvgIpc) is 3.01. The van der Waals surface area contributed by atoms with E-state index in [2.05, 4.69) is 10.5 Å². The van der Waals surface area contributed by atoms with Gasteiger partial charge in [-0.25, -0.2) is 0 Å². The van der Waals surface area contributed by atoms with Gasteiger partial charge in [0.05, 0.1) is 22.4 Å². The summed E-state index contributed by atoms with van der Waals surface area (Å²) in [6.07, 6.45) is 0.381. The van der Waals surface area contributed by atoms with Crippen LogP contribution in [0.25, 0.3) is 0 Å². The molecule has 5 rings (SSSR count). The first-order chi connectivity index (χ1) is 17.6. The van der Waals surface area contributed by atoms with Crippen LogP contribution >= 0.6 is 0 Å². The zero-order chi connectivity index (χ0) is 26.6. The second kappa shape index (κ2) is 8.63. The third kappa shape index (κ3) is 3.62. The molecular formula is C28H26N2O7. The Labute approximate surface area is 212 Å². The molecule has 0 spiro atoms. The van der Waals surface area contributed by atoms with Gasteiger partial charge < -0.3 is 31.0 Å². The molecule has 3 aromatic rings. The van der Waals surface area contributed by atoms with Crippen LogP contribution in [0, 0.1) is 5.92 Å². The molecule has 2 aliphatic carbocycles. The Morgan fingerprint density at radius 1 is 0.919 bits per heavy atom. The van der Waals surface area contributed by atoms with Crippen molar-refractivity contribution in [3.8, 4) is 23.0 Å². The Morgan fingerprint density at radius 2 is 1.51 bits per heavy atom. The van der Waals surface area contributed by atoms with Crippen molar-refractivity contribution in [1.82, 2.24) is 5.32 Å². The van der Waals surface area contributed by atoms with Gasteiger partial charge in [0, 0.05) is 28.2 Å². The molecule has 0 aromatic heterocycles. The van der Waals surface area contributed by atoms with Crippen LogP contribution in [0.15, 0.2) is 47.6 Å². The Bertz CT molecular complexity index is 1510. The molecule has 0 saturated carbocycles. The van der Waals surface area contributed by atoms with E-state index < -0.39 is 23.0 Å². The second-order valence-electron chi connectivity index (χ2n) is 9.78. The lowest BCUT2D eigenvalue weighted by Gasteiger charge is -2.32. The molecule has 2 aliphatic rings. The zero-order valence-electron chi connectivity index (χ0n) is 20.2. The minimum atomic E-state index is -0.999. The molecule has 9 heteroatoms. The van der Waals surface area contributed by atoms with Crippen LogP contribution in [-0.4, -0.2) is 55.5 Å². The maximum Gasteiger partial charge on any atom is 0.198 e. The third-order valence-electron chi connectivity index (χ3n) is 7.64. The van der Waals surface area contributed by atoms with Gasteiger partial charge in [0.1, 0.15) is 11.5 Å². The highest BCUT2D eigenvalue weighted by Gasteiger charge is 2.44. The number of hydrogen-bond acceptors (Lipinski definition) is 9. The van der Waals surface area contributed by atoms with Crippen LogP contribution in [0.3, 0.4) is 0 Å². The quantitative estimate of drug-likeness (QED) is 0.0820. The number of nitrogens with one attached hydrogen (secondary N) is 1. The topological polar surface area (TPSA) is 160 Å². The van der Waals surface area contributed by atoms with Crippen molar-refractivity contribution in [3.05, 3.63) is 81.4 Å². The lowest BCUT2D eigenvalue weighted by molar-refractivity contribution is 0.0973. The molecule has 0 bridgehead atoms. The summed E-state index contributed by atoms with van der Waals surface area (Å²) in [6.45, 7) is 1.77. The van der Waals surface area contributed by atoms with Crippen molar-refractivity contribution in [2.75, 3.05) is 7.05 Å². The standard InChI is InChI=1S/C28H26N2O7/c1-28(29-2)12-18-17(11-14(27(28)30-37)9-13-7-8-19(31)20(32)10-13)25(35)21-22(26(18)36)24(34)16-6-4-3-5-15(16)23(21)33/h3-8,10,14,29,31-32,35-37H,9,11-12H2,1-2H3. The lowest BCUT2D eigenvalue weighted by atomic mass is 9.79. The van der Waals surface area contributed by atoms with Crippen molar-refractivity contribution in [2.45, 2.75) is 31.7 Å². The van der Waals surface area contributed by atoms with Crippen molar-refractivity contribution in [2.24, 2.45) is 11.1 Å². The van der Waals surface area contributed by atoms with E-state index in [4.69, 9.17) is 0 Å². The molecule has 3 aromatic carbocycles. The van der Waals surface area contributed by atoms with Gasteiger partial charge >= 0.3 is 0 Å². The van der Waals surface area contributed by atoms with E-state index >= 15 is 0 Å². The second-order valence-corrected chi connectivity index (χ2v) is 9.78. The Hall–Kier alpha value is -4.37. The number of phenolic OH excluding ortho intramolecular Hbond substituents is 4. The highest BCUT2D eigenvalue weighted by molar-refractivity contribution is 6.30. The summed E-state index contributed by atoms with van der Waals surface area (Å²) < 4.78 is 0. The summed E-state index contributed by atoms with van der Waals surface area (Å²) in [5.74, 6) is -2.99. The number of rotatable bonds is 3. The fourth-order valence-electron chi connectivity index (χ4n) is 5.62. The summed E-state index contributed by atoms with van der Waals surface area (Å²) in [5, 5.41) is 59.3. The number of phenols is 4. The molecule has 0 radical (unpaired) electrons. The molecule has 0 saturated heterocycles. The van der Waals surface area contributed by atoms with E-state index in [9.17, 15) is 35.2 Å². The fraction of sp³-hybridized carbons (Fsp3) is 0.250. The third-order valence-corrected chi connectivity index (χ3v) is 7.64. The summed E-state index contributed by atoms with van der Waals surface area (Å²) in [6, 6.07) is 10.6. The number of ketones is 2. The predicted molar refractivity (Wildman–Crippen MR) is 134 cm³/mol. The SMILES string of the molecule is CNC1(C)Cc2c(O)c3c(c(O)c2CC(Cc2ccc(O)c(O)c2)C1=NO)C(=O)c1ccccc1C3=O. The summed E-state index contributed by atoms with van der Waals surface area (Å²) in [7, 11) is 1.67. The summed E-state index contributed by atoms with van der Waals surface area (Å²) in [4.78, 5) is 26.8. The largest absolute Gasteiger partial charge is 0.507 e. The van der Waals surface area contributed by atoms with Crippen LogP contribution in [0.2, 0.25) is 0 Å². The number of benzene rings is 3. The zero-order valence-corrected chi connectivity index (χ0v) is 20.2. The van der Waals surface area contributed by atoms with Crippen molar-refractivity contribution in [1.29, 1.82) is 0 Å². The first-order valence-corrected chi connectivity index (χ1v) is 11.8. The maximum absolute atomic E-state index is 13.4. The van der Waals surface area contributed by atoms with Crippen LogP contribution < -0.4 is 5.32 Å². The van der Waals surface area contributed by atoms with E-state index in [0.29, 0.717) is 11.3 Å². The molecule has 0 fully saturated rings. The van der Waals surface area contributed by atoms with Crippen molar-refractivity contribution in [3.63, 3.8) is 0 Å². The Balaban J connectivity index is 1.72. The maximum atomic E-state index is 13.4. The molecule has 9 nitrogen and oxygen atoms in total. The highest BCUT2D eigenvalue weighted by Crippen LogP contribution is 2.47. The van der Waals surface area contributed by atoms with E-state index in [1.165, 1.54) is 24.3 Å². The van der Waals surface area contributed by atoms with E-state index in [1.807, 2.05) is 0 Å². The van der Waals surface area contributed by atoms with Gasteiger partial charge in [-0.05, 0) is 50.9 Å². The van der Waals surface area contributed by atoms with Crippen LogP contribution in [0.1, 0.15) is 55.5 Å². The van der Waals surface area contributed by atoms with Gasteiger partial charge in [0.15, 0.2) is 23.1 Å². The molecule has 2 atom stereocenters. The summed E-state index contributed by atoms with van der Waals surface area (Å²) in [5.41, 5.74) is 0.359. The molecular weight excluding hydrogens is 476 g/mol. The van der Waals surface area contributed by atoms with Crippen molar-refractivity contribution >= 4 is 17.3 Å². The van der Waals surface area contributed by atoms with Gasteiger partial charge in [-0.3, -0.25) is 9.59 Å². The first kappa shape index (κ1) is 24.3. The minimum Gasteiger partial charge on any atom is -0.507 e. The lowest BCUT2D eigenvalue weighted by Crippen LogP contribution is -2.52. The monoisotopic (exact) mass is 502 g/mol. The molecule has 0 heterocycles. The molecule has 0 aliphatic heterocycles. The number of likely N-dealkylation sites (N-methyl/N-ethyl adjacent to an activating group) is 1. The number of oxime groups is 1. The average molecular weight is 503 g/mol. The van der Waals surface area contributed by atoms with Gasteiger partial charge in [-0.1, -0.05) is 35.5 Å². The van der Waals surface area contributed by atoms with E-state index in [1.54, 1.807) is 32.2 Å². The van der Waals surface area contributed by atoms with Crippen molar-refractivity contribution < 1.29 is 35.2 Å². The number of nitrogens with zero attached hydrogens (tertiary/aromatic N) is 1. The van der Waals surface area contributed by atoms with Gasteiger partial charge in [0.2, 0.25) is 0 Å². The number of carbonyl (C=O) groups excluding carboxylic acids is 2.